The van der Waals surface area contributed by atoms with Crippen LogP contribution in [0.1, 0.15) is 47.2 Å². The van der Waals surface area contributed by atoms with Crippen LogP contribution in [-0.2, 0) is 0 Å². The van der Waals surface area contributed by atoms with Crippen molar-refractivity contribution in [1.82, 2.24) is 14.5 Å². The Bertz CT molecular complexity index is 1090. The zero-order chi connectivity index (χ0) is 20.7. The molecule has 1 saturated heterocycles. The van der Waals surface area contributed by atoms with E-state index in [2.05, 4.69) is 27.4 Å². The normalized spacial score (nSPS) is 22.8. The van der Waals surface area contributed by atoms with Gasteiger partial charge in [-0.05, 0) is 55.0 Å². The second kappa shape index (κ2) is 7.65. The summed E-state index contributed by atoms with van der Waals surface area (Å²) in [5.41, 5.74) is 3.32. The molecule has 0 radical (unpaired) electrons. The van der Waals surface area contributed by atoms with E-state index < -0.39 is 5.97 Å². The van der Waals surface area contributed by atoms with E-state index in [1.54, 1.807) is 12.1 Å². The van der Waals surface area contributed by atoms with Gasteiger partial charge in [-0.25, -0.2) is 4.79 Å². The number of rotatable bonds is 5. The van der Waals surface area contributed by atoms with Gasteiger partial charge in [0.15, 0.2) is 5.17 Å². The number of amidine groups is 1. The molecule has 1 fully saturated rings. The number of thioether (sulfide) groups is 1. The molecule has 1 aromatic carbocycles. The fraction of sp³-hybridized carbons (Fsp3) is 0.261. The molecule has 30 heavy (non-hydrogen) atoms. The van der Waals surface area contributed by atoms with Gasteiger partial charge in [0.2, 0.25) is 0 Å². The number of benzene rings is 1. The zero-order valence-corrected chi connectivity index (χ0v) is 17.4. The molecule has 0 aliphatic carbocycles. The van der Waals surface area contributed by atoms with Gasteiger partial charge in [0.25, 0.3) is 0 Å². The number of hydrogen-bond donors (Lipinski definition) is 1. The number of pyridine rings is 1. The number of carboxylic acids is 1. The number of aromatic nitrogens is 2. The van der Waals surface area contributed by atoms with Crippen LogP contribution in [0.5, 0.6) is 0 Å². The van der Waals surface area contributed by atoms with E-state index in [-0.39, 0.29) is 17.6 Å². The number of hydrogen-bond acceptors (Lipinski definition) is 5. The Morgan fingerprint density at radius 2 is 2.00 bits per heavy atom. The third-order valence-electron chi connectivity index (χ3n) is 5.81. The van der Waals surface area contributed by atoms with Crippen molar-refractivity contribution in [2.24, 2.45) is 4.99 Å². The highest BCUT2D eigenvalue weighted by atomic mass is 32.2. The Kier molecular flexibility index (Phi) is 4.83. The van der Waals surface area contributed by atoms with Crippen molar-refractivity contribution in [1.29, 1.82) is 0 Å². The molecular weight excluding hydrogens is 396 g/mol. The van der Waals surface area contributed by atoms with Crippen molar-refractivity contribution < 1.29 is 9.90 Å². The number of carbonyl (C=O) groups is 1. The Hall–Kier alpha value is -3.06. The minimum Gasteiger partial charge on any atom is -0.478 e. The van der Waals surface area contributed by atoms with E-state index in [0.29, 0.717) is 6.04 Å². The Labute approximate surface area is 179 Å². The quantitative estimate of drug-likeness (QED) is 0.658. The maximum atomic E-state index is 11.2. The number of aliphatic imine (C=N–C) groups is 1. The molecule has 3 atom stereocenters. The summed E-state index contributed by atoms with van der Waals surface area (Å²) in [6.45, 7) is 2.23. The van der Waals surface area contributed by atoms with E-state index in [1.807, 2.05) is 60.6 Å². The monoisotopic (exact) mass is 418 g/mol. The van der Waals surface area contributed by atoms with Gasteiger partial charge in [-0.3, -0.25) is 9.98 Å². The summed E-state index contributed by atoms with van der Waals surface area (Å²) in [7, 11) is 0. The van der Waals surface area contributed by atoms with Crippen molar-refractivity contribution in [2.75, 3.05) is 5.75 Å². The van der Waals surface area contributed by atoms with Crippen molar-refractivity contribution in [3.63, 3.8) is 0 Å². The van der Waals surface area contributed by atoms with Gasteiger partial charge in [-0.1, -0.05) is 24.8 Å². The molecule has 0 saturated carbocycles. The average molecular weight is 419 g/mol. The third kappa shape index (κ3) is 3.10. The van der Waals surface area contributed by atoms with Crippen molar-refractivity contribution in [2.45, 2.75) is 31.5 Å². The minimum atomic E-state index is -0.918. The summed E-state index contributed by atoms with van der Waals surface area (Å²) in [4.78, 5) is 23.4. The molecule has 2 aliphatic heterocycles. The summed E-state index contributed by atoms with van der Waals surface area (Å²) < 4.78 is 2.14. The lowest BCUT2D eigenvalue weighted by Crippen LogP contribution is -2.36. The first-order chi connectivity index (χ1) is 14.7. The highest BCUT2D eigenvalue weighted by Crippen LogP contribution is 2.48. The molecule has 5 rings (SSSR count). The molecule has 3 aromatic rings. The Balaban J connectivity index is 1.59. The predicted molar refractivity (Wildman–Crippen MR) is 118 cm³/mol. The maximum Gasteiger partial charge on any atom is 0.335 e. The SMILES string of the molecule is CCC1CSC2=NC(c3ccccn3)C(c3cccn3-c3ccc(C(=O)O)cc3)N21. The van der Waals surface area contributed by atoms with Crippen LogP contribution in [0.3, 0.4) is 0 Å². The molecule has 7 heteroatoms. The largest absolute Gasteiger partial charge is 0.478 e. The molecular formula is C23H22N4O2S. The van der Waals surface area contributed by atoms with Gasteiger partial charge in [-0.2, -0.15) is 0 Å². The summed E-state index contributed by atoms with van der Waals surface area (Å²) in [6, 6.07) is 17.6. The molecule has 152 valence electrons. The lowest BCUT2D eigenvalue weighted by molar-refractivity contribution is 0.0697. The second-order valence-electron chi connectivity index (χ2n) is 7.49. The van der Waals surface area contributed by atoms with Gasteiger partial charge < -0.3 is 14.6 Å². The molecule has 2 aliphatic rings. The van der Waals surface area contributed by atoms with Gasteiger partial charge in [0.05, 0.1) is 11.3 Å². The standard InChI is InChI=1S/C23H22N4O2S/c1-2-16-14-30-23-25-20(18-6-3-4-12-24-18)21(27(16)23)19-7-5-13-26(19)17-10-8-15(9-11-17)22(28)29/h3-13,16,20-21H,2,14H2,1H3,(H,28,29). The first kappa shape index (κ1) is 18.9. The van der Waals surface area contributed by atoms with Crippen molar-refractivity contribution in [3.05, 3.63) is 83.9 Å². The average Bonchev–Trinajstić information content (AvgIpc) is 3.49. The van der Waals surface area contributed by atoms with E-state index in [4.69, 9.17) is 4.99 Å². The molecule has 0 spiro atoms. The van der Waals surface area contributed by atoms with Gasteiger partial charge in [0, 0.05) is 35.6 Å². The Morgan fingerprint density at radius 3 is 2.70 bits per heavy atom. The van der Waals surface area contributed by atoms with Crippen LogP contribution in [0.15, 0.2) is 72.0 Å². The predicted octanol–water partition coefficient (Wildman–Crippen LogP) is 4.55. The topological polar surface area (TPSA) is 70.7 Å². The van der Waals surface area contributed by atoms with Crippen LogP contribution in [-0.4, -0.2) is 42.5 Å². The van der Waals surface area contributed by atoms with Crippen LogP contribution in [0.4, 0.5) is 0 Å². The van der Waals surface area contributed by atoms with Crippen LogP contribution in [0, 0.1) is 0 Å². The lowest BCUT2D eigenvalue weighted by Gasteiger charge is -2.32. The molecule has 2 aromatic heterocycles. The van der Waals surface area contributed by atoms with Crippen LogP contribution in [0.2, 0.25) is 0 Å². The van der Waals surface area contributed by atoms with Crippen molar-refractivity contribution in [3.8, 4) is 5.69 Å². The maximum absolute atomic E-state index is 11.2. The first-order valence-corrected chi connectivity index (χ1v) is 11.1. The zero-order valence-electron chi connectivity index (χ0n) is 16.5. The minimum absolute atomic E-state index is 0.0454. The number of nitrogens with zero attached hydrogens (tertiary/aromatic N) is 4. The van der Waals surface area contributed by atoms with Crippen LogP contribution in [0.25, 0.3) is 5.69 Å². The number of fused-ring (bicyclic) bond motifs is 1. The fourth-order valence-corrected chi connectivity index (χ4v) is 5.64. The molecule has 0 bridgehead atoms. The van der Waals surface area contributed by atoms with E-state index in [0.717, 1.165) is 34.4 Å². The van der Waals surface area contributed by atoms with Gasteiger partial charge >= 0.3 is 5.97 Å². The Morgan fingerprint density at radius 1 is 1.17 bits per heavy atom. The number of carboxylic acid groups (broad SMARTS) is 1. The van der Waals surface area contributed by atoms with Gasteiger partial charge in [0.1, 0.15) is 12.1 Å². The summed E-state index contributed by atoms with van der Waals surface area (Å²) >= 11 is 1.83. The lowest BCUT2D eigenvalue weighted by atomic mass is 9.99. The number of aromatic carboxylic acids is 1. The smallest absolute Gasteiger partial charge is 0.335 e. The highest BCUT2D eigenvalue weighted by Gasteiger charge is 2.46. The third-order valence-corrected chi connectivity index (χ3v) is 6.93. The molecule has 3 unspecified atom stereocenters. The van der Waals surface area contributed by atoms with Crippen LogP contribution < -0.4 is 0 Å². The van der Waals surface area contributed by atoms with E-state index in [1.165, 1.54) is 0 Å². The fourth-order valence-electron chi connectivity index (χ4n) is 4.31. The summed E-state index contributed by atoms with van der Waals surface area (Å²) in [6.07, 6.45) is 4.92. The first-order valence-electron chi connectivity index (χ1n) is 10.1. The molecule has 4 heterocycles. The summed E-state index contributed by atoms with van der Waals surface area (Å²) in [5, 5.41) is 10.3. The van der Waals surface area contributed by atoms with E-state index in [9.17, 15) is 9.90 Å². The van der Waals surface area contributed by atoms with Crippen molar-refractivity contribution >= 4 is 22.9 Å². The molecule has 6 nitrogen and oxygen atoms in total. The second-order valence-corrected chi connectivity index (χ2v) is 8.48. The summed E-state index contributed by atoms with van der Waals surface area (Å²) in [5.74, 6) is 0.132. The molecule has 0 amide bonds. The van der Waals surface area contributed by atoms with E-state index >= 15 is 0 Å². The molecule has 1 N–H and O–H groups in total. The van der Waals surface area contributed by atoms with Gasteiger partial charge in [-0.15, -0.1) is 0 Å². The highest BCUT2D eigenvalue weighted by molar-refractivity contribution is 8.14. The van der Waals surface area contributed by atoms with Crippen LogP contribution >= 0.6 is 11.8 Å².